The monoisotopic (exact) mass is 411 g/mol. The molecule has 0 saturated heterocycles. The van der Waals surface area contributed by atoms with Gasteiger partial charge in [0.2, 0.25) is 0 Å². The van der Waals surface area contributed by atoms with E-state index >= 15 is 0 Å². The topological polar surface area (TPSA) is 21.3 Å². The van der Waals surface area contributed by atoms with E-state index in [2.05, 4.69) is 81.4 Å². The molecule has 112 valence electrons. The van der Waals surface area contributed by atoms with Gasteiger partial charge in [-0.1, -0.05) is 34.1 Å². The summed E-state index contributed by atoms with van der Waals surface area (Å²) in [6.45, 7) is 4.35. The van der Waals surface area contributed by atoms with E-state index in [0.717, 1.165) is 14.7 Å². The van der Waals surface area contributed by atoms with Gasteiger partial charge < -0.3 is 10.1 Å². The lowest BCUT2D eigenvalue weighted by Crippen LogP contribution is -2.22. The van der Waals surface area contributed by atoms with E-state index in [0.29, 0.717) is 0 Å². The molecule has 2 atom stereocenters. The van der Waals surface area contributed by atoms with Crippen molar-refractivity contribution in [2.45, 2.75) is 25.9 Å². The van der Waals surface area contributed by atoms with Crippen molar-refractivity contribution in [2.75, 3.05) is 7.11 Å². The zero-order chi connectivity index (χ0) is 15.4. The predicted octanol–water partition coefficient (Wildman–Crippen LogP) is 5.63. The Kier molecular flexibility index (Phi) is 5.85. The highest BCUT2D eigenvalue weighted by molar-refractivity contribution is 9.10. The smallest absolute Gasteiger partial charge is 0.133 e. The first-order valence-electron chi connectivity index (χ1n) is 6.86. The van der Waals surface area contributed by atoms with Crippen LogP contribution in [0.25, 0.3) is 0 Å². The molecule has 2 nitrogen and oxygen atoms in total. The molecule has 0 aliphatic heterocycles. The molecule has 21 heavy (non-hydrogen) atoms. The summed E-state index contributed by atoms with van der Waals surface area (Å²) in [5.74, 6) is 0.853. The lowest BCUT2D eigenvalue weighted by Gasteiger charge is -2.21. The Morgan fingerprint density at radius 1 is 0.952 bits per heavy atom. The van der Waals surface area contributed by atoms with Gasteiger partial charge in [0.1, 0.15) is 5.75 Å². The summed E-state index contributed by atoms with van der Waals surface area (Å²) in [6, 6.07) is 15.1. The largest absolute Gasteiger partial charge is 0.496 e. The highest BCUT2D eigenvalue weighted by atomic mass is 79.9. The van der Waals surface area contributed by atoms with Crippen molar-refractivity contribution < 1.29 is 4.74 Å². The Bertz CT molecular complexity index is 615. The molecule has 2 aromatic rings. The summed E-state index contributed by atoms with van der Waals surface area (Å²) in [7, 11) is 1.68. The van der Waals surface area contributed by atoms with Gasteiger partial charge >= 0.3 is 0 Å². The second kappa shape index (κ2) is 7.43. The minimum absolute atomic E-state index is 0.251. The first kappa shape index (κ1) is 16.5. The first-order valence-corrected chi connectivity index (χ1v) is 8.45. The molecular weight excluding hydrogens is 394 g/mol. The molecule has 1 unspecified atom stereocenters. The Balaban J connectivity index is 2.10. The number of benzene rings is 2. The van der Waals surface area contributed by atoms with E-state index in [1.165, 1.54) is 11.1 Å². The molecule has 2 rings (SSSR count). The van der Waals surface area contributed by atoms with E-state index in [9.17, 15) is 0 Å². The van der Waals surface area contributed by atoms with Gasteiger partial charge in [-0.15, -0.1) is 0 Å². The fourth-order valence-electron chi connectivity index (χ4n) is 2.30. The van der Waals surface area contributed by atoms with Crippen LogP contribution in [0.1, 0.15) is 37.1 Å². The minimum Gasteiger partial charge on any atom is -0.496 e. The summed E-state index contributed by atoms with van der Waals surface area (Å²) >= 11 is 7.06. The first-order chi connectivity index (χ1) is 10.0. The Hall–Kier alpha value is -0.840. The zero-order valence-electron chi connectivity index (χ0n) is 12.4. The predicted molar refractivity (Wildman–Crippen MR) is 94.8 cm³/mol. The molecule has 4 heteroatoms. The highest BCUT2D eigenvalue weighted by Gasteiger charge is 2.12. The van der Waals surface area contributed by atoms with Crippen molar-refractivity contribution in [3.63, 3.8) is 0 Å². The van der Waals surface area contributed by atoms with Crippen LogP contribution in [0.2, 0.25) is 0 Å². The van der Waals surface area contributed by atoms with Crippen molar-refractivity contribution in [2.24, 2.45) is 0 Å². The van der Waals surface area contributed by atoms with Crippen LogP contribution < -0.4 is 10.1 Å². The maximum absolute atomic E-state index is 5.27. The summed E-state index contributed by atoms with van der Waals surface area (Å²) in [5, 5.41) is 3.62. The standard InChI is InChI=1S/C17H19Br2NO/c1-11(13-5-4-6-15(18)9-13)20-12(2)14-7-8-17(21-3)16(19)10-14/h4-12,20H,1-3H3/t11-,12?/m1/s1. The molecule has 0 amide bonds. The van der Waals surface area contributed by atoms with Gasteiger partial charge in [-0.2, -0.15) is 0 Å². The Morgan fingerprint density at radius 2 is 1.62 bits per heavy atom. The molecule has 0 saturated carbocycles. The third-order valence-electron chi connectivity index (χ3n) is 3.52. The summed E-state index contributed by atoms with van der Waals surface area (Å²) in [5.41, 5.74) is 2.49. The summed E-state index contributed by atoms with van der Waals surface area (Å²) in [6.07, 6.45) is 0. The van der Waals surface area contributed by atoms with E-state index in [-0.39, 0.29) is 12.1 Å². The Morgan fingerprint density at radius 3 is 2.19 bits per heavy atom. The molecule has 0 fully saturated rings. The molecule has 0 aliphatic carbocycles. The second-order valence-electron chi connectivity index (χ2n) is 5.06. The molecule has 0 aliphatic rings. The maximum Gasteiger partial charge on any atom is 0.133 e. The average Bonchev–Trinajstić information content (AvgIpc) is 2.47. The van der Waals surface area contributed by atoms with E-state index < -0.39 is 0 Å². The van der Waals surface area contributed by atoms with E-state index in [1.807, 2.05) is 12.1 Å². The highest BCUT2D eigenvalue weighted by Crippen LogP contribution is 2.29. The van der Waals surface area contributed by atoms with Crippen molar-refractivity contribution in [3.8, 4) is 5.75 Å². The molecule has 0 bridgehead atoms. The normalized spacial score (nSPS) is 13.8. The molecule has 2 aromatic carbocycles. The van der Waals surface area contributed by atoms with Crippen LogP contribution in [-0.2, 0) is 0 Å². The van der Waals surface area contributed by atoms with Gasteiger partial charge in [-0.25, -0.2) is 0 Å². The Labute approximate surface area is 143 Å². The molecule has 0 radical (unpaired) electrons. The number of nitrogens with one attached hydrogen (secondary N) is 1. The molecule has 0 aromatic heterocycles. The molecule has 1 N–H and O–H groups in total. The van der Waals surface area contributed by atoms with Crippen molar-refractivity contribution in [1.82, 2.24) is 5.32 Å². The SMILES string of the molecule is COc1ccc(C(C)N[C@H](C)c2cccc(Br)c2)cc1Br. The number of methoxy groups -OCH3 is 1. The minimum atomic E-state index is 0.251. The van der Waals surface area contributed by atoms with Crippen LogP contribution in [0.3, 0.4) is 0 Å². The van der Waals surface area contributed by atoms with Gasteiger partial charge in [0, 0.05) is 16.6 Å². The number of hydrogen-bond donors (Lipinski definition) is 1. The summed E-state index contributed by atoms with van der Waals surface area (Å²) in [4.78, 5) is 0. The van der Waals surface area contributed by atoms with Crippen LogP contribution in [0, 0.1) is 0 Å². The van der Waals surface area contributed by atoms with Crippen LogP contribution >= 0.6 is 31.9 Å². The van der Waals surface area contributed by atoms with Crippen LogP contribution in [0.4, 0.5) is 0 Å². The van der Waals surface area contributed by atoms with Gasteiger partial charge in [0.25, 0.3) is 0 Å². The number of rotatable bonds is 5. The lowest BCUT2D eigenvalue weighted by molar-refractivity contribution is 0.411. The zero-order valence-corrected chi connectivity index (χ0v) is 15.5. The molecular formula is C17H19Br2NO. The van der Waals surface area contributed by atoms with Crippen molar-refractivity contribution in [3.05, 3.63) is 62.5 Å². The van der Waals surface area contributed by atoms with E-state index in [4.69, 9.17) is 4.74 Å². The maximum atomic E-state index is 5.27. The lowest BCUT2D eigenvalue weighted by atomic mass is 10.0. The quantitative estimate of drug-likeness (QED) is 0.686. The van der Waals surface area contributed by atoms with E-state index in [1.54, 1.807) is 7.11 Å². The number of ether oxygens (including phenoxy) is 1. The molecule has 0 heterocycles. The van der Waals surface area contributed by atoms with Gasteiger partial charge in [0.15, 0.2) is 0 Å². The summed E-state index contributed by atoms with van der Waals surface area (Å²) < 4.78 is 7.35. The average molecular weight is 413 g/mol. The molecule has 0 spiro atoms. The van der Waals surface area contributed by atoms with Crippen LogP contribution in [-0.4, -0.2) is 7.11 Å². The third kappa shape index (κ3) is 4.31. The second-order valence-corrected chi connectivity index (χ2v) is 6.83. The van der Waals surface area contributed by atoms with Crippen LogP contribution in [0.15, 0.2) is 51.4 Å². The van der Waals surface area contributed by atoms with Gasteiger partial charge in [-0.05, 0) is 65.2 Å². The third-order valence-corrected chi connectivity index (χ3v) is 4.64. The van der Waals surface area contributed by atoms with Gasteiger partial charge in [0.05, 0.1) is 11.6 Å². The van der Waals surface area contributed by atoms with Crippen molar-refractivity contribution in [1.29, 1.82) is 0 Å². The van der Waals surface area contributed by atoms with Gasteiger partial charge in [-0.3, -0.25) is 0 Å². The fourth-order valence-corrected chi connectivity index (χ4v) is 3.27. The van der Waals surface area contributed by atoms with Crippen LogP contribution in [0.5, 0.6) is 5.75 Å². The number of hydrogen-bond acceptors (Lipinski definition) is 2. The van der Waals surface area contributed by atoms with Crippen molar-refractivity contribution >= 4 is 31.9 Å². The fraction of sp³-hybridized carbons (Fsp3) is 0.294. The number of halogens is 2.